The Labute approximate surface area is 150 Å². The van der Waals surface area contributed by atoms with E-state index in [4.69, 9.17) is 4.74 Å². The number of sulfone groups is 1. The van der Waals surface area contributed by atoms with Gasteiger partial charge in [0.1, 0.15) is 0 Å². The SMILES string of the molecule is CCS(=O)(=O)CCN1CC2(C1)OCC[C@H]2CCNc1ncc(C)cn1. The summed E-state index contributed by atoms with van der Waals surface area (Å²) >= 11 is 0. The highest BCUT2D eigenvalue weighted by Gasteiger charge is 2.52. The fourth-order valence-corrected chi connectivity index (χ4v) is 4.49. The fourth-order valence-electron chi connectivity index (χ4n) is 3.67. The Balaban J connectivity index is 1.43. The molecule has 1 atom stereocenters. The number of ether oxygens (including phenoxy) is 1. The Kier molecular flexibility index (Phi) is 5.60. The predicted octanol–water partition coefficient (Wildman–Crippen LogP) is 1.11. The van der Waals surface area contributed by atoms with Gasteiger partial charge in [-0.05, 0) is 31.2 Å². The molecule has 2 fully saturated rings. The standard InChI is InChI=1S/C17H28N4O3S/c1-3-25(22,23)9-7-21-12-17(13-21)15(5-8-24-17)4-6-18-16-19-10-14(2)11-20-16/h10-11,15H,3-9,12-13H2,1-2H3,(H,18,19,20)/t15-/m1/s1. The second kappa shape index (κ2) is 7.55. The van der Waals surface area contributed by atoms with Crippen LogP contribution in [0.4, 0.5) is 5.95 Å². The van der Waals surface area contributed by atoms with Gasteiger partial charge in [-0.25, -0.2) is 18.4 Å². The zero-order chi connectivity index (χ0) is 17.9. The van der Waals surface area contributed by atoms with Crippen molar-refractivity contribution in [2.75, 3.05) is 49.6 Å². The predicted molar refractivity (Wildman–Crippen MR) is 97.4 cm³/mol. The lowest BCUT2D eigenvalue weighted by atomic mass is 9.79. The van der Waals surface area contributed by atoms with Crippen molar-refractivity contribution in [3.8, 4) is 0 Å². The van der Waals surface area contributed by atoms with E-state index in [-0.39, 0.29) is 17.1 Å². The first-order chi connectivity index (χ1) is 11.9. The maximum Gasteiger partial charge on any atom is 0.222 e. The molecule has 3 rings (SSSR count). The minimum Gasteiger partial charge on any atom is -0.372 e. The summed E-state index contributed by atoms with van der Waals surface area (Å²) in [5.74, 6) is 1.64. The number of rotatable bonds is 8. The van der Waals surface area contributed by atoms with Gasteiger partial charge >= 0.3 is 0 Å². The summed E-state index contributed by atoms with van der Waals surface area (Å²) in [5.41, 5.74) is 0.972. The van der Waals surface area contributed by atoms with Gasteiger partial charge in [0.2, 0.25) is 5.95 Å². The molecule has 2 aliphatic rings. The maximum atomic E-state index is 11.6. The van der Waals surface area contributed by atoms with Gasteiger partial charge in [-0.15, -0.1) is 0 Å². The second-order valence-corrected chi connectivity index (χ2v) is 9.62. The van der Waals surface area contributed by atoms with Gasteiger partial charge < -0.3 is 10.1 Å². The number of aromatic nitrogens is 2. The smallest absolute Gasteiger partial charge is 0.222 e. The summed E-state index contributed by atoms with van der Waals surface area (Å²) in [6.45, 7) is 7.60. The van der Waals surface area contributed by atoms with Crippen LogP contribution in [0.1, 0.15) is 25.3 Å². The van der Waals surface area contributed by atoms with Crippen molar-refractivity contribution in [1.29, 1.82) is 0 Å². The topological polar surface area (TPSA) is 84.4 Å². The lowest BCUT2D eigenvalue weighted by Gasteiger charge is -2.50. The van der Waals surface area contributed by atoms with Crippen LogP contribution in [0.5, 0.6) is 0 Å². The van der Waals surface area contributed by atoms with Crippen LogP contribution in [-0.2, 0) is 14.6 Å². The molecule has 0 saturated carbocycles. The van der Waals surface area contributed by atoms with E-state index < -0.39 is 9.84 Å². The van der Waals surface area contributed by atoms with Crippen molar-refractivity contribution in [3.63, 3.8) is 0 Å². The molecule has 140 valence electrons. The minimum absolute atomic E-state index is 0.0776. The molecule has 1 aromatic rings. The van der Waals surface area contributed by atoms with Crippen molar-refractivity contribution in [3.05, 3.63) is 18.0 Å². The molecule has 1 N–H and O–H groups in total. The lowest BCUT2D eigenvalue weighted by Crippen LogP contribution is -2.65. The summed E-state index contributed by atoms with van der Waals surface area (Å²) in [5, 5.41) is 3.28. The largest absolute Gasteiger partial charge is 0.372 e. The van der Waals surface area contributed by atoms with Gasteiger partial charge in [-0.2, -0.15) is 0 Å². The highest BCUT2D eigenvalue weighted by Crippen LogP contribution is 2.41. The molecule has 2 aliphatic heterocycles. The van der Waals surface area contributed by atoms with Crippen LogP contribution < -0.4 is 5.32 Å². The van der Waals surface area contributed by atoms with Gasteiger partial charge in [-0.3, -0.25) is 4.90 Å². The van der Waals surface area contributed by atoms with E-state index in [1.165, 1.54) is 0 Å². The molecule has 8 heteroatoms. The lowest BCUT2D eigenvalue weighted by molar-refractivity contribution is -0.131. The molecule has 0 aliphatic carbocycles. The number of likely N-dealkylation sites (tertiary alicyclic amines) is 1. The normalized spacial score (nSPS) is 22.9. The van der Waals surface area contributed by atoms with Crippen molar-refractivity contribution in [2.45, 2.75) is 32.3 Å². The molecule has 25 heavy (non-hydrogen) atoms. The number of hydrogen-bond donors (Lipinski definition) is 1. The summed E-state index contributed by atoms with van der Waals surface area (Å²) < 4.78 is 29.3. The Morgan fingerprint density at radius 2 is 2.08 bits per heavy atom. The molecule has 0 radical (unpaired) electrons. The van der Waals surface area contributed by atoms with Crippen molar-refractivity contribution in [2.24, 2.45) is 5.92 Å². The summed E-state index contributed by atoms with van der Waals surface area (Å²) in [6, 6.07) is 0. The summed E-state index contributed by atoms with van der Waals surface area (Å²) in [7, 11) is -2.89. The Morgan fingerprint density at radius 3 is 2.76 bits per heavy atom. The fraction of sp³-hybridized carbons (Fsp3) is 0.765. The highest BCUT2D eigenvalue weighted by atomic mass is 32.2. The molecule has 1 aromatic heterocycles. The van der Waals surface area contributed by atoms with Crippen molar-refractivity contribution >= 4 is 15.8 Å². The second-order valence-electron chi connectivity index (χ2n) is 7.15. The van der Waals surface area contributed by atoms with Crippen LogP contribution in [0, 0.1) is 12.8 Å². The monoisotopic (exact) mass is 368 g/mol. The van der Waals surface area contributed by atoms with Crippen molar-refractivity contribution in [1.82, 2.24) is 14.9 Å². The average Bonchev–Trinajstić information content (AvgIpc) is 2.98. The number of nitrogens with one attached hydrogen (secondary N) is 1. The zero-order valence-corrected chi connectivity index (χ0v) is 15.9. The number of nitrogens with zero attached hydrogens (tertiary/aromatic N) is 3. The Hall–Kier alpha value is -1.25. The van der Waals surface area contributed by atoms with E-state index >= 15 is 0 Å². The summed E-state index contributed by atoms with van der Waals surface area (Å²) in [6.07, 6.45) is 5.70. The summed E-state index contributed by atoms with van der Waals surface area (Å²) in [4.78, 5) is 10.7. The first kappa shape index (κ1) is 18.5. The Bertz CT molecular complexity index is 672. The third-order valence-corrected chi connectivity index (χ3v) is 6.98. The first-order valence-electron chi connectivity index (χ1n) is 9.02. The molecule has 2 saturated heterocycles. The molecule has 0 bridgehead atoms. The van der Waals surface area contributed by atoms with Gasteiger partial charge in [0.25, 0.3) is 0 Å². The van der Waals surface area contributed by atoms with E-state index in [1.807, 2.05) is 19.3 Å². The highest BCUT2D eigenvalue weighted by molar-refractivity contribution is 7.91. The molecule has 0 unspecified atom stereocenters. The van der Waals surface area contributed by atoms with Gasteiger partial charge in [-0.1, -0.05) is 6.92 Å². The minimum atomic E-state index is -2.89. The van der Waals surface area contributed by atoms with E-state index in [9.17, 15) is 8.42 Å². The van der Waals surface area contributed by atoms with E-state index in [1.54, 1.807) is 6.92 Å². The van der Waals surface area contributed by atoms with E-state index in [2.05, 4.69) is 20.2 Å². The molecule has 1 spiro atoms. The molecule has 0 aromatic carbocycles. The zero-order valence-electron chi connectivity index (χ0n) is 15.1. The molecule has 3 heterocycles. The van der Waals surface area contributed by atoms with Gasteiger partial charge in [0, 0.05) is 50.9 Å². The number of aryl methyl sites for hydroxylation is 1. The third-order valence-electron chi connectivity index (χ3n) is 5.30. The molecular weight excluding hydrogens is 340 g/mol. The van der Waals surface area contributed by atoms with Crippen LogP contribution in [0.2, 0.25) is 0 Å². The van der Waals surface area contributed by atoms with Crippen LogP contribution in [0.15, 0.2) is 12.4 Å². The van der Waals surface area contributed by atoms with Crippen LogP contribution >= 0.6 is 0 Å². The van der Waals surface area contributed by atoms with Crippen LogP contribution in [0.3, 0.4) is 0 Å². The van der Waals surface area contributed by atoms with Gasteiger partial charge in [0.15, 0.2) is 9.84 Å². The number of hydrogen-bond acceptors (Lipinski definition) is 7. The van der Waals surface area contributed by atoms with E-state index in [0.717, 1.165) is 44.6 Å². The van der Waals surface area contributed by atoms with Crippen LogP contribution in [-0.4, -0.2) is 73.2 Å². The van der Waals surface area contributed by atoms with E-state index in [0.29, 0.717) is 18.4 Å². The molecule has 0 amide bonds. The van der Waals surface area contributed by atoms with Gasteiger partial charge in [0.05, 0.1) is 11.4 Å². The van der Waals surface area contributed by atoms with Crippen LogP contribution in [0.25, 0.3) is 0 Å². The third kappa shape index (κ3) is 4.48. The maximum absolute atomic E-state index is 11.6. The Morgan fingerprint density at radius 1 is 1.36 bits per heavy atom. The quantitative estimate of drug-likeness (QED) is 0.736. The first-order valence-corrected chi connectivity index (χ1v) is 10.8. The molecule has 7 nitrogen and oxygen atoms in total. The van der Waals surface area contributed by atoms with Crippen molar-refractivity contribution < 1.29 is 13.2 Å². The average molecular weight is 369 g/mol. The number of anilines is 1. The molecular formula is C17H28N4O3S.